The third kappa shape index (κ3) is 2.32. The minimum Gasteiger partial charge on any atom is -0.294 e. The van der Waals surface area contributed by atoms with Gasteiger partial charge in [0.05, 0.1) is 11.9 Å². The monoisotopic (exact) mass is 228 g/mol. The fourth-order valence-corrected chi connectivity index (χ4v) is 2.55. The second kappa shape index (κ2) is 4.49. The lowest BCUT2D eigenvalue weighted by Gasteiger charge is -2.14. The molecule has 2 unspecified atom stereocenters. The van der Waals surface area contributed by atoms with Crippen molar-refractivity contribution in [2.24, 2.45) is 13.0 Å². The van der Waals surface area contributed by atoms with Gasteiger partial charge < -0.3 is 0 Å². The molecular weight excluding hydrogens is 212 g/mol. The Hall–Kier alpha value is -0.610. The summed E-state index contributed by atoms with van der Waals surface area (Å²) in [6, 6.07) is 0. The first-order chi connectivity index (χ1) is 7.20. The van der Waals surface area contributed by atoms with Crippen LogP contribution in [0.25, 0.3) is 0 Å². The van der Waals surface area contributed by atoms with E-state index in [0.717, 1.165) is 31.9 Å². The van der Waals surface area contributed by atoms with Crippen molar-refractivity contribution < 1.29 is 0 Å². The standard InChI is InChI=1S/C10H17ClN4/c1-3-8-4-15(5-9(8)11)6-10-12-7-13-14(10)2/h7-9H,3-6H2,1-2H3. The fraction of sp³-hybridized carbons (Fsp3) is 0.800. The van der Waals surface area contributed by atoms with Crippen molar-refractivity contribution >= 4 is 11.6 Å². The van der Waals surface area contributed by atoms with Crippen molar-refractivity contribution in [1.29, 1.82) is 0 Å². The Morgan fingerprint density at radius 2 is 2.33 bits per heavy atom. The van der Waals surface area contributed by atoms with E-state index < -0.39 is 0 Å². The Morgan fingerprint density at radius 3 is 2.87 bits per heavy atom. The van der Waals surface area contributed by atoms with Gasteiger partial charge in [-0.1, -0.05) is 13.3 Å². The molecule has 0 aromatic carbocycles. The number of likely N-dealkylation sites (tertiary alicyclic amines) is 1. The van der Waals surface area contributed by atoms with Crippen LogP contribution in [0, 0.1) is 5.92 Å². The Bertz CT molecular complexity index is 325. The predicted molar refractivity (Wildman–Crippen MR) is 59.7 cm³/mol. The molecule has 2 heterocycles. The van der Waals surface area contributed by atoms with Crippen LogP contribution in [0.5, 0.6) is 0 Å². The highest BCUT2D eigenvalue weighted by Crippen LogP contribution is 2.25. The predicted octanol–water partition coefficient (Wildman–Crippen LogP) is 1.26. The summed E-state index contributed by atoms with van der Waals surface area (Å²) in [5, 5.41) is 4.36. The number of alkyl halides is 1. The molecule has 84 valence electrons. The molecule has 1 aromatic heterocycles. The second-order valence-electron chi connectivity index (χ2n) is 4.18. The van der Waals surface area contributed by atoms with Crippen LogP contribution in [-0.2, 0) is 13.6 Å². The number of aryl methyl sites for hydroxylation is 1. The van der Waals surface area contributed by atoms with Gasteiger partial charge >= 0.3 is 0 Å². The van der Waals surface area contributed by atoms with Crippen molar-refractivity contribution in [2.45, 2.75) is 25.3 Å². The van der Waals surface area contributed by atoms with Crippen LogP contribution in [0.2, 0.25) is 0 Å². The first kappa shape index (κ1) is 10.9. The maximum Gasteiger partial charge on any atom is 0.140 e. The second-order valence-corrected chi connectivity index (χ2v) is 4.74. The van der Waals surface area contributed by atoms with E-state index >= 15 is 0 Å². The molecule has 0 spiro atoms. The van der Waals surface area contributed by atoms with E-state index in [2.05, 4.69) is 21.9 Å². The zero-order valence-electron chi connectivity index (χ0n) is 9.23. The molecule has 4 nitrogen and oxygen atoms in total. The van der Waals surface area contributed by atoms with Crippen LogP contribution < -0.4 is 0 Å². The molecule has 0 saturated carbocycles. The van der Waals surface area contributed by atoms with Gasteiger partial charge in [-0.15, -0.1) is 11.6 Å². The fourth-order valence-electron chi connectivity index (χ4n) is 2.09. The van der Waals surface area contributed by atoms with Gasteiger partial charge in [-0.25, -0.2) is 4.98 Å². The normalized spacial score (nSPS) is 27.4. The summed E-state index contributed by atoms with van der Waals surface area (Å²) in [7, 11) is 1.92. The third-order valence-corrected chi connectivity index (χ3v) is 3.63. The van der Waals surface area contributed by atoms with Crippen LogP contribution in [0.3, 0.4) is 0 Å². The van der Waals surface area contributed by atoms with Crippen LogP contribution in [0.15, 0.2) is 6.33 Å². The van der Waals surface area contributed by atoms with E-state index in [9.17, 15) is 0 Å². The van der Waals surface area contributed by atoms with Crippen LogP contribution in [0.4, 0.5) is 0 Å². The molecule has 2 atom stereocenters. The molecule has 1 saturated heterocycles. The number of hydrogen-bond donors (Lipinski definition) is 0. The highest BCUT2D eigenvalue weighted by atomic mass is 35.5. The van der Waals surface area contributed by atoms with E-state index in [1.54, 1.807) is 6.33 Å². The lowest BCUT2D eigenvalue weighted by molar-refractivity contribution is 0.302. The molecule has 1 aliphatic rings. The molecule has 1 aromatic rings. The topological polar surface area (TPSA) is 34.0 Å². The lowest BCUT2D eigenvalue weighted by Crippen LogP contribution is -2.22. The molecule has 15 heavy (non-hydrogen) atoms. The number of hydrogen-bond acceptors (Lipinski definition) is 3. The molecule has 0 aliphatic carbocycles. The molecule has 1 aliphatic heterocycles. The number of aromatic nitrogens is 3. The number of nitrogens with zero attached hydrogens (tertiary/aromatic N) is 4. The average molecular weight is 229 g/mol. The maximum atomic E-state index is 6.27. The lowest BCUT2D eigenvalue weighted by atomic mass is 10.1. The molecule has 0 bridgehead atoms. The van der Waals surface area contributed by atoms with Crippen LogP contribution in [-0.4, -0.2) is 38.1 Å². The van der Waals surface area contributed by atoms with Gasteiger partial charge in [0, 0.05) is 20.1 Å². The summed E-state index contributed by atoms with van der Waals surface area (Å²) in [4.78, 5) is 6.58. The largest absolute Gasteiger partial charge is 0.294 e. The van der Waals surface area contributed by atoms with Gasteiger partial charge in [-0.05, 0) is 5.92 Å². The quantitative estimate of drug-likeness (QED) is 0.731. The maximum absolute atomic E-state index is 6.27. The van der Waals surface area contributed by atoms with Gasteiger partial charge in [0.15, 0.2) is 0 Å². The summed E-state index contributed by atoms with van der Waals surface area (Å²) in [5.74, 6) is 1.63. The first-order valence-electron chi connectivity index (χ1n) is 5.40. The number of halogens is 1. The smallest absolute Gasteiger partial charge is 0.140 e. The third-order valence-electron chi connectivity index (χ3n) is 3.13. The highest BCUT2D eigenvalue weighted by Gasteiger charge is 2.30. The molecule has 2 rings (SSSR count). The molecular formula is C10H17ClN4. The zero-order chi connectivity index (χ0) is 10.8. The van der Waals surface area contributed by atoms with Crippen molar-refractivity contribution in [3.63, 3.8) is 0 Å². The van der Waals surface area contributed by atoms with E-state index in [-0.39, 0.29) is 0 Å². The van der Waals surface area contributed by atoms with Gasteiger partial charge in [-0.2, -0.15) is 5.10 Å². The Balaban J connectivity index is 1.95. The van der Waals surface area contributed by atoms with E-state index in [0.29, 0.717) is 11.3 Å². The Labute approximate surface area is 95.2 Å². The van der Waals surface area contributed by atoms with Crippen LogP contribution >= 0.6 is 11.6 Å². The molecule has 0 amide bonds. The minimum atomic E-state index is 0.295. The highest BCUT2D eigenvalue weighted by molar-refractivity contribution is 6.21. The Morgan fingerprint density at radius 1 is 1.53 bits per heavy atom. The van der Waals surface area contributed by atoms with E-state index in [1.165, 1.54) is 0 Å². The SMILES string of the molecule is CCC1CN(Cc2ncnn2C)CC1Cl. The van der Waals surface area contributed by atoms with Crippen molar-refractivity contribution in [1.82, 2.24) is 19.7 Å². The molecule has 5 heteroatoms. The van der Waals surface area contributed by atoms with E-state index in [1.807, 2.05) is 11.7 Å². The first-order valence-corrected chi connectivity index (χ1v) is 5.83. The molecule has 1 fully saturated rings. The molecule has 0 radical (unpaired) electrons. The summed E-state index contributed by atoms with van der Waals surface area (Å²) >= 11 is 6.27. The van der Waals surface area contributed by atoms with Gasteiger partial charge in [0.2, 0.25) is 0 Å². The molecule has 0 N–H and O–H groups in total. The van der Waals surface area contributed by atoms with Gasteiger partial charge in [0.1, 0.15) is 12.2 Å². The minimum absolute atomic E-state index is 0.295. The average Bonchev–Trinajstić information content (AvgIpc) is 2.75. The van der Waals surface area contributed by atoms with Gasteiger partial charge in [0.25, 0.3) is 0 Å². The van der Waals surface area contributed by atoms with Crippen molar-refractivity contribution in [3.8, 4) is 0 Å². The van der Waals surface area contributed by atoms with Crippen molar-refractivity contribution in [2.75, 3.05) is 13.1 Å². The summed E-state index contributed by atoms with van der Waals surface area (Å²) in [6.07, 6.45) is 2.75. The van der Waals surface area contributed by atoms with Crippen molar-refractivity contribution in [3.05, 3.63) is 12.2 Å². The Kier molecular flexibility index (Phi) is 3.26. The zero-order valence-corrected chi connectivity index (χ0v) is 9.98. The van der Waals surface area contributed by atoms with Crippen LogP contribution in [0.1, 0.15) is 19.2 Å². The summed E-state index contributed by atoms with van der Waals surface area (Å²) < 4.78 is 1.82. The van der Waals surface area contributed by atoms with Gasteiger partial charge in [-0.3, -0.25) is 9.58 Å². The summed E-state index contributed by atoms with van der Waals surface area (Å²) in [6.45, 7) is 5.10. The number of rotatable bonds is 3. The summed E-state index contributed by atoms with van der Waals surface area (Å²) in [5.41, 5.74) is 0. The van der Waals surface area contributed by atoms with E-state index in [4.69, 9.17) is 11.6 Å².